The lowest BCUT2D eigenvalue weighted by molar-refractivity contribution is 0.0543. The summed E-state index contributed by atoms with van der Waals surface area (Å²) in [5, 5.41) is 10.5. The highest BCUT2D eigenvalue weighted by atomic mass is 16.3. The number of β-amino-alcohol motifs (C(OH)–C–C–N with tert-alkyl or cyclic N) is 1. The number of carbonyl (C=O) groups excluding carboxylic acids is 2. The van der Waals surface area contributed by atoms with Gasteiger partial charge in [0.15, 0.2) is 0 Å². The van der Waals surface area contributed by atoms with Gasteiger partial charge in [0.25, 0.3) is 11.8 Å². The summed E-state index contributed by atoms with van der Waals surface area (Å²) in [6, 6.07) is 14.3. The highest BCUT2D eigenvalue weighted by Gasteiger charge is 2.36. The predicted molar refractivity (Wildman–Crippen MR) is 99.8 cm³/mol. The third-order valence-electron chi connectivity index (χ3n) is 4.89. The molecule has 0 fully saturated rings. The number of amides is 2. The topological polar surface area (TPSA) is 75.4 Å². The van der Waals surface area contributed by atoms with Crippen molar-refractivity contribution in [3.8, 4) is 5.82 Å². The lowest BCUT2D eigenvalue weighted by Crippen LogP contribution is -2.33. The van der Waals surface area contributed by atoms with Crippen LogP contribution in [0.3, 0.4) is 0 Å². The monoisotopic (exact) mass is 361 g/mol. The highest BCUT2D eigenvalue weighted by Crippen LogP contribution is 2.25. The fraction of sp³-hybridized carbons (Fsp3) is 0.190. The summed E-state index contributed by atoms with van der Waals surface area (Å²) in [4.78, 5) is 30.4. The maximum atomic E-state index is 12.4. The number of aromatic nitrogens is 2. The molecule has 1 aliphatic heterocycles. The van der Waals surface area contributed by atoms with Gasteiger partial charge in [-0.15, -0.1) is 0 Å². The van der Waals surface area contributed by atoms with Crippen molar-refractivity contribution < 1.29 is 14.7 Å². The van der Waals surface area contributed by atoms with E-state index in [2.05, 4.69) is 4.98 Å². The second-order valence-electron chi connectivity index (χ2n) is 6.68. The van der Waals surface area contributed by atoms with Crippen molar-refractivity contribution in [3.63, 3.8) is 0 Å². The fourth-order valence-corrected chi connectivity index (χ4v) is 3.44. The van der Waals surface area contributed by atoms with Gasteiger partial charge >= 0.3 is 0 Å². The molecule has 0 saturated carbocycles. The second kappa shape index (κ2) is 6.48. The van der Waals surface area contributed by atoms with Crippen molar-refractivity contribution in [2.24, 2.45) is 0 Å². The Balaban J connectivity index is 1.54. The van der Waals surface area contributed by atoms with Crippen LogP contribution < -0.4 is 0 Å². The second-order valence-corrected chi connectivity index (χ2v) is 6.68. The van der Waals surface area contributed by atoms with E-state index in [1.165, 1.54) is 0 Å². The number of hydrogen-bond acceptors (Lipinski definition) is 4. The SMILES string of the molecule is Cc1ccc(C)n1-c1ccc(C(O)CN2C(=O)c3ccccc3C2=O)cn1. The van der Waals surface area contributed by atoms with E-state index in [0.29, 0.717) is 16.7 Å². The first-order chi connectivity index (χ1) is 13.0. The van der Waals surface area contributed by atoms with Crippen LogP contribution in [0.15, 0.2) is 54.7 Å². The molecule has 2 aromatic heterocycles. The third-order valence-corrected chi connectivity index (χ3v) is 4.89. The quantitative estimate of drug-likeness (QED) is 0.725. The summed E-state index contributed by atoms with van der Waals surface area (Å²) in [7, 11) is 0. The molecule has 0 aliphatic carbocycles. The van der Waals surface area contributed by atoms with Crippen LogP contribution >= 0.6 is 0 Å². The van der Waals surface area contributed by atoms with Gasteiger partial charge in [0.1, 0.15) is 5.82 Å². The Morgan fingerprint density at radius 2 is 1.52 bits per heavy atom. The van der Waals surface area contributed by atoms with Crippen molar-refractivity contribution in [1.82, 2.24) is 14.5 Å². The molecule has 136 valence electrons. The molecule has 3 heterocycles. The molecule has 1 aromatic carbocycles. The summed E-state index contributed by atoms with van der Waals surface area (Å²) in [5.74, 6) is 0.00215. The Bertz CT molecular complexity index is 983. The van der Waals surface area contributed by atoms with Crippen LogP contribution in [0.25, 0.3) is 5.82 Å². The van der Waals surface area contributed by atoms with Crippen molar-refractivity contribution in [2.75, 3.05) is 6.54 Å². The lowest BCUT2D eigenvalue weighted by Gasteiger charge is -2.19. The zero-order chi connectivity index (χ0) is 19.1. The Morgan fingerprint density at radius 3 is 2.04 bits per heavy atom. The standard InChI is InChI=1S/C21H19N3O3/c1-13-7-8-14(2)24(13)19-10-9-15(11-22-19)18(25)12-23-20(26)16-5-3-4-6-17(16)21(23)27/h3-11,18,25H,12H2,1-2H3. The van der Waals surface area contributed by atoms with E-state index >= 15 is 0 Å². The third kappa shape index (κ3) is 2.84. The minimum Gasteiger partial charge on any atom is -0.386 e. The molecule has 1 unspecified atom stereocenters. The largest absolute Gasteiger partial charge is 0.386 e. The summed E-state index contributed by atoms with van der Waals surface area (Å²) in [6.45, 7) is 3.90. The van der Waals surface area contributed by atoms with E-state index in [0.717, 1.165) is 22.1 Å². The summed E-state index contributed by atoms with van der Waals surface area (Å²) in [6.07, 6.45) is 0.581. The van der Waals surface area contributed by atoms with Gasteiger partial charge < -0.3 is 9.67 Å². The molecule has 6 nitrogen and oxygen atoms in total. The van der Waals surface area contributed by atoms with Gasteiger partial charge in [-0.05, 0) is 44.2 Å². The minimum absolute atomic E-state index is 0.102. The number of rotatable bonds is 4. The van der Waals surface area contributed by atoms with E-state index in [4.69, 9.17) is 0 Å². The Morgan fingerprint density at radius 1 is 0.926 bits per heavy atom. The van der Waals surface area contributed by atoms with Gasteiger partial charge in [0.05, 0.1) is 23.8 Å². The lowest BCUT2D eigenvalue weighted by atomic mass is 10.1. The van der Waals surface area contributed by atoms with E-state index in [1.54, 1.807) is 36.5 Å². The first kappa shape index (κ1) is 17.2. The number of imide groups is 1. The van der Waals surface area contributed by atoms with E-state index in [9.17, 15) is 14.7 Å². The van der Waals surface area contributed by atoms with E-state index in [-0.39, 0.29) is 18.4 Å². The average molecular weight is 361 g/mol. The molecule has 6 heteroatoms. The molecule has 0 spiro atoms. The van der Waals surface area contributed by atoms with E-state index in [1.807, 2.05) is 36.6 Å². The maximum absolute atomic E-state index is 12.4. The van der Waals surface area contributed by atoms with E-state index < -0.39 is 6.10 Å². The van der Waals surface area contributed by atoms with Gasteiger partial charge in [-0.25, -0.2) is 4.98 Å². The number of aryl methyl sites for hydroxylation is 2. The first-order valence-electron chi connectivity index (χ1n) is 8.72. The van der Waals surface area contributed by atoms with Crippen molar-refractivity contribution in [1.29, 1.82) is 0 Å². The molecule has 2 amide bonds. The number of nitrogens with zero attached hydrogens (tertiary/aromatic N) is 3. The van der Waals surface area contributed by atoms with Crippen LogP contribution in [-0.2, 0) is 0 Å². The Labute approximate surface area is 156 Å². The molecule has 0 saturated heterocycles. The number of hydrogen-bond donors (Lipinski definition) is 1. The van der Waals surface area contributed by atoms with Crippen LogP contribution in [0.5, 0.6) is 0 Å². The van der Waals surface area contributed by atoms with Gasteiger partial charge in [0, 0.05) is 23.1 Å². The highest BCUT2D eigenvalue weighted by molar-refractivity contribution is 6.21. The van der Waals surface area contributed by atoms with Crippen molar-refractivity contribution in [3.05, 3.63) is 82.8 Å². The number of carbonyl (C=O) groups is 2. The average Bonchev–Trinajstić information content (AvgIpc) is 3.14. The smallest absolute Gasteiger partial charge is 0.261 e. The first-order valence-corrected chi connectivity index (χ1v) is 8.72. The minimum atomic E-state index is -0.999. The van der Waals surface area contributed by atoms with Crippen LogP contribution in [0.1, 0.15) is 43.8 Å². The normalized spacial score (nSPS) is 14.6. The van der Waals surface area contributed by atoms with Crippen LogP contribution in [0.2, 0.25) is 0 Å². The van der Waals surface area contributed by atoms with Crippen LogP contribution in [0.4, 0.5) is 0 Å². The van der Waals surface area contributed by atoms with Gasteiger partial charge in [-0.3, -0.25) is 14.5 Å². The predicted octanol–water partition coefficient (Wildman–Crippen LogP) is 2.82. The fourth-order valence-electron chi connectivity index (χ4n) is 3.44. The number of aliphatic hydroxyl groups is 1. The summed E-state index contributed by atoms with van der Waals surface area (Å²) < 4.78 is 2.01. The molecule has 0 radical (unpaired) electrons. The Hall–Kier alpha value is -3.25. The number of pyridine rings is 1. The molecule has 1 atom stereocenters. The molecule has 1 N–H and O–H groups in total. The van der Waals surface area contributed by atoms with Crippen molar-refractivity contribution in [2.45, 2.75) is 20.0 Å². The van der Waals surface area contributed by atoms with Gasteiger partial charge in [-0.1, -0.05) is 18.2 Å². The molecule has 3 aromatic rings. The molecule has 27 heavy (non-hydrogen) atoms. The van der Waals surface area contributed by atoms with Crippen LogP contribution in [0, 0.1) is 13.8 Å². The summed E-state index contributed by atoms with van der Waals surface area (Å²) >= 11 is 0. The van der Waals surface area contributed by atoms with Crippen LogP contribution in [-0.4, -0.2) is 37.9 Å². The molecule has 0 bridgehead atoms. The zero-order valence-corrected chi connectivity index (χ0v) is 15.1. The molecular formula is C21H19N3O3. The number of aliphatic hydroxyl groups excluding tert-OH is 1. The number of fused-ring (bicyclic) bond motifs is 1. The number of benzene rings is 1. The Kier molecular flexibility index (Phi) is 4.12. The van der Waals surface area contributed by atoms with Gasteiger partial charge in [0.2, 0.25) is 0 Å². The molecular weight excluding hydrogens is 342 g/mol. The summed E-state index contributed by atoms with van der Waals surface area (Å²) in [5.41, 5.74) is 3.44. The van der Waals surface area contributed by atoms with Gasteiger partial charge in [-0.2, -0.15) is 0 Å². The maximum Gasteiger partial charge on any atom is 0.261 e. The van der Waals surface area contributed by atoms with Crippen molar-refractivity contribution >= 4 is 11.8 Å². The molecule has 4 rings (SSSR count). The zero-order valence-electron chi connectivity index (χ0n) is 15.1. The molecule has 1 aliphatic rings.